The summed E-state index contributed by atoms with van der Waals surface area (Å²) in [6, 6.07) is 10.2. The minimum Gasteiger partial charge on any atom is -0.396 e. The molecule has 0 spiro atoms. The number of aliphatic hydroxyl groups excluding tert-OH is 1. The van der Waals surface area contributed by atoms with Gasteiger partial charge in [0.05, 0.1) is 31.7 Å². The largest absolute Gasteiger partial charge is 0.396 e. The van der Waals surface area contributed by atoms with Crippen LogP contribution >= 0.6 is 11.3 Å². The number of rotatable bonds is 9. The van der Waals surface area contributed by atoms with Gasteiger partial charge in [-0.15, -0.1) is 11.3 Å². The number of ketones is 1. The quantitative estimate of drug-likeness (QED) is 0.331. The second kappa shape index (κ2) is 11.1. The summed E-state index contributed by atoms with van der Waals surface area (Å²) in [5, 5.41) is 14.8. The van der Waals surface area contributed by atoms with Crippen molar-refractivity contribution in [3.05, 3.63) is 75.4 Å². The molecule has 1 fully saturated rings. The predicted molar refractivity (Wildman–Crippen MR) is 150 cm³/mol. The van der Waals surface area contributed by atoms with E-state index in [0.717, 1.165) is 36.0 Å². The van der Waals surface area contributed by atoms with Gasteiger partial charge in [-0.1, -0.05) is 29.8 Å². The average Bonchev–Trinajstić information content (AvgIpc) is 3.53. The fraction of sp³-hybridized carbons (Fsp3) is 0.464. The Balaban J connectivity index is 1.65. The van der Waals surface area contributed by atoms with Gasteiger partial charge in [-0.2, -0.15) is 0 Å². The molecule has 3 aromatic rings. The Morgan fingerprint density at radius 3 is 2.65 bits per heavy atom. The van der Waals surface area contributed by atoms with Crippen molar-refractivity contribution in [2.45, 2.75) is 70.2 Å². The van der Waals surface area contributed by atoms with Gasteiger partial charge in [0.25, 0.3) is 0 Å². The highest BCUT2D eigenvalue weighted by molar-refractivity contribution is 7.84. The number of carbonyl (C=O) groups excluding carboxylic acids is 1. The zero-order chi connectivity index (χ0) is 26.8. The van der Waals surface area contributed by atoms with Gasteiger partial charge in [0, 0.05) is 18.8 Å². The van der Waals surface area contributed by atoms with Crippen LogP contribution in [-0.2, 0) is 16.5 Å². The molecule has 0 radical (unpaired) electrons. The average molecular weight is 541 g/mol. The molecule has 1 aliphatic rings. The van der Waals surface area contributed by atoms with Crippen LogP contribution in [-0.4, -0.2) is 42.5 Å². The van der Waals surface area contributed by atoms with Crippen LogP contribution in [0.2, 0.25) is 0 Å². The smallest absolute Gasteiger partial charge is 0.208 e. The van der Waals surface area contributed by atoms with Crippen LogP contribution in [0.15, 0.2) is 48.2 Å². The molecule has 0 amide bonds. The van der Waals surface area contributed by atoms with Crippen molar-refractivity contribution in [3.63, 3.8) is 0 Å². The van der Waals surface area contributed by atoms with E-state index in [2.05, 4.69) is 26.1 Å². The number of benzene rings is 1. The number of hydrogen-bond acceptors (Lipinski definition) is 7. The van der Waals surface area contributed by atoms with E-state index in [1.165, 1.54) is 17.7 Å². The number of nitrogens with zero attached hydrogens (tertiary/aromatic N) is 2. The van der Waals surface area contributed by atoms with E-state index < -0.39 is 21.3 Å². The maximum absolute atomic E-state index is 13.6. The molecule has 3 N–H and O–H groups in total. The van der Waals surface area contributed by atoms with Crippen molar-refractivity contribution in [1.82, 2.24) is 14.7 Å². The molecule has 0 aliphatic heterocycles. The molecule has 1 saturated carbocycles. The monoisotopic (exact) mass is 540 g/mol. The standard InChI is InChI=1S/C28H36N4O3S2/c1-18-7-6-8-20(11-18)28(5,32-37(35)27(2,3)4)21-13-24(36-16-21)25(34)23-14-29-17-30-26(23)31-22-10-9-19(12-22)15-33/h6-8,11,13-14,16-17,19,22,32-33H,9-10,12,15H2,1-5H3,(H,29,30,31). The van der Waals surface area contributed by atoms with E-state index in [0.29, 0.717) is 16.3 Å². The van der Waals surface area contributed by atoms with Crippen LogP contribution in [0.25, 0.3) is 0 Å². The van der Waals surface area contributed by atoms with Crippen LogP contribution < -0.4 is 10.0 Å². The van der Waals surface area contributed by atoms with Gasteiger partial charge in [0.2, 0.25) is 5.78 Å². The molecule has 1 aromatic carbocycles. The minimum absolute atomic E-state index is 0.153. The molecule has 0 saturated heterocycles. The van der Waals surface area contributed by atoms with E-state index in [9.17, 15) is 14.1 Å². The Morgan fingerprint density at radius 1 is 1.19 bits per heavy atom. The summed E-state index contributed by atoms with van der Waals surface area (Å²) in [6.45, 7) is 10.0. The first-order chi connectivity index (χ1) is 17.5. The number of anilines is 1. The zero-order valence-corrected chi connectivity index (χ0v) is 23.7. The van der Waals surface area contributed by atoms with E-state index in [4.69, 9.17) is 0 Å². The lowest BCUT2D eigenvalue weighted by molar-refractivity contribution is 0.104. The molecule has 9 heteroatoms. The number of hydrogen-bond donors (Lipinski definition) is 3. The van der Waals surface area contributed by atoms with Crippen LogP contribution in [0.4, 0.5) is 5.82 Å². The molecule has 2 aromatic heterocycles. The van der Waals surface area contributed by atoms with E-state index in [1.807, 2.05) is 64.3 Å². The normalized spacial score (nSPS) is 20.4. The van der Waals surface area contributed by atoms with Crippen molar-refractivity contribution < 1.29 is 14.1 Å². The van der Waals surface area contributed by atoms with Crippen LogP contribution in [0, 0.1) is 12.8 Å². The third-order valence-corrected chi connectivity index (χ3v) is 9.58. The van der Waals surface area contributed by atoms with Crippen LogP contribution in [0.1, 0.15) is 78.9 Å². The molecular weight excluding hydrogens is 504 g/mol. The predicted octanol–water partition coefficient (Wildman–Crippen LogP) is 4.97. The summed E-state index contributed by atoms with van der Waals surface area (Å²) in [7, 11) is -1.34. The molecule has 2 heterocycles. The van der Waals surface area contributed by atoms with Gasteiger partial charge in [-0.05, 0) is 82.4 Å². The summed E-state index contributed by atoms with van der Waals surface area (Å²) < 4.78 is 16.1. The van der Waals surface area contributed by atoms with Gasteiger partial charge in [0.15, 0.2) is 0 Å². The number of aryl methyl sites for hydroxylation is 1. The van der Waals surface area contributed by atoms with Crippen LogP contribution in [0.5, 0.6) is 0 Å². The van der Waals surface area contributed by atoms with Crippen molar-refractivity contribution in [2.24, 2.45) is 5.92 Å². The SMILES string of the molecule is Cc1cccc(C(C)(NS(=O)C(C)(C)C)c2csc(C(=O)c3cncnc3NC3CCC(CO)C3)c2)c1. The lowest BCUT2D eigenvalue weighted by Gasteiger charge is -2.34. The third kappa shape index (κ3) is 6.17. The van der Waals surface area contributed by atoms with E-state index in [-0.39, 0.29) is 24.3 Å². The zero-order valence-electron chi connectivity index (χ0n) is 22.1. The molecule has 37 heavy (non-hydrogen) atoms. The summed E-state index contributed by atoms with van der Waals surface area (Å²) >= 11 is 1.36. The highest BCUT2D eigenvalue weighted by Crippen LogP contribution is 2.36. The van der Waals surface area contributed by atoms with Crippen molar-refractivity contribution in [1.29, 1.82) is 0 Å². The fourth-order valence-electron chi connectivity index (χ4n) is 4.61. The third-order valence-electron chi connectivity index (χ3n) is 6.95. The number of aromatic nitrogens is 2. The molecule has 1 aliphatic carbocycles. The summed E-state index contributed by atoms with van der Waals surface area (Å²) in [6.07, 6.45) is 5.73. The molecule has 7 nitrogen and oxygen atoms in total. The molecule has 4 rings (SSSR count). The number of carbonyl (C=O) groups is 1. The van der Waals surface area contributed by atoms with Gasteiger partial charge in [0.1, 0.15) is 12.1 Å². The van der Waals surface area contributed by atoms with E-state index >= 15 is 0 Å². The van der Waals surface area contributed by atoms with E-state index in [1.54, 1.807) is 6.20 Å². The Hall–Kier alpha value is -2.46. The Kier molecular flexibility index (Phi) is 8.28. The van der Waals surface area contributed by atoms with Crippen molar-refractivity contribution >= 4 is 33.9 Å². The first-order valence-electron chi connectivity index (χ1n) is 12.6. The topological polar surface area (TPSA) is 104 Å². The summed E-state index contributed by atoms with van der Waals surface area (Å²) in [5.41, 5.74) is 2.61. The lowest BCUT2D eigenvalue weighted by atomic mass is 9.86. The highest BCUT2D eigenvalue weighted by Gasteiger charge is 2.36. The Morgan fingerprint density at radius 2 is 1.97 bits per heavy atom. The number of aliphatic hydroxyl groups is 1. The van der Waals surface area contributed by atoms with Gasteiger partial charge >= 0.3 is 0 Å². The fourth-order valence-corrected chi connectivity index (χ4v) is 6.49. The molecule has 198 valence electrons. The number of thiophene rings is 1. The van der Waals surface area contributed by atoms with Crippen molar-refractivity contribution in [2.75, 3.05) is 11.9 Å². The molecule has 0 bridgehead atoms. The van der Waals surface area contributed by atoms with Crippen molar-refractivity contribution in [3.8, 4) is 0 Å². The molecular formula is C28H36N4O3S2. The number of nitrogens with one attached hydrogen (secondary N) is 2. The molecule has 4 atom stereocenters. The van der Waals surface area contributed by atoms with Gasteiger partial charge in [-0.25, -0.2) is 18.9 Å². The second-order valence-electron chi connectivity index (χ2n) is 11.0. The summed E-state index contributed by atoms with van der Waals surface area (Å²) in [5.74, 6) is 0.648. The Bertz CT molecular complexity index is 1290. The highest BCUT2D eigenvalue weighted by atomic mass is 32.2. The lowest BCUT2D eigenvalue weighted by Crippen LogP contribution is -2.46. The summed E-state index contributed by atoms with van der Waals surface area (Å²) in [4.78, 5) is 22.7. The Labute approximate surface area is 225 Å². The van der Waals surface area contributed by atoms with Gasteiger partial charge < -0.3 is 10.4 Å². The van der Waals surface area contributed by atoms with Gasteiger partial charge in [-0.3, -0.25) is 4.79 Å². The first-order valence-corrected chi connectivity index (χ1v) is 14.6. The van der Waals surface area contributed by atoms with Crippen LogP contribution in [0.3, 0.4) is 0 Å². The maximum atomic E-state index is 13.6. The maximum Gasteiger partial charge on any atom is 0.208 e. The second-order valence-corrected chi connectivity index (χ2v) is 13.9. The first kappa shape index (κ1) is 27.6. The minimum atomic E-state index is -1.34. The molecule has 4 unspecified atom stereocenters.